The van der Waals surface area contributed by atoms with Crippen LogP contribution < -0.4 is 16.0 Å². The number of hydrogen-bond acceptors (Lipinski definition) is 5. The molecule has 0 aliphatic rings. The second-order valence-electron chi connectivity index (χ2n) is 7.24. The molecule has 0 radical (unpaired) electrons. The highest BCUT2D eigenvalue weighted by Gasteiger charge is 2.11. The van der Waals surface area contributed by atoms with Crippen molar-refractivity contribution in [2.45, 2.75) is 46.0 Å². The Morgan fingerprint density at radius 1 is 0.969 bits per heavy atom. The van der Waals surface area contributed by atoms with Crippen molar-refractivity contribution in [3.8, 4) is 0 Å². The van der Waals surface area contributed by atoms with E-state index in [0.717, 1.165) is 18.4 Å². The zero-order valence-corrected chi connectivity index (χ0v) is 19.2. The Hall–Kier alpha value is -3.26. The molecule has 8 heteroatoms. The first-order chi connectivity index (χ1) is 15.4. The topological polar surface area (TPSA) is 96.5 Å². The van der Waals surface area contributed by atoms with E-state index in [1.54, 1.807) is 19.1 Å². The number of aryl methyl sites for hydroxylation is 2. The molecular weight excluding hydrogens is 426 g/mol. The van der Waals surface area contributed by atoms with Gasteiger partial charge in [0.05, 0.1) is 13.0 Å². The van der Waals surface area contributed by atoms with Crippen molar-refractivity contribution in [2.75, 3.05) is 17.2 Å². The number of rotatable bonds is 10. The normalized spacial score (nSPS) is 10.2. The van der Waals surface area contributed by atoms with Gasteiger partial charge in [0.1, 0.15) is 0 Å². The second-order valence-corrected chi connectivity index (χ2v) is 7.65. The minimum absolute atomic E-state index is 0.0164. The molecule has 0 fully saturated rings. The SMILES string of the molecule is CCC(=O)Nc1cc(NC(=S)NC(=O)CCC(=O)OCCCc2ccccc2)ccc1C. The molecule has 170 valence electrons. The summed E-state index contributed by atoms with van der Waals surface area (Å²) >= 11 is 5.16. The number of anilines is 2. The average Bonchev–Trinajstić information content (AvgIpc) is 2.78. The highest BCUT2D eigenvalue weighted by atomic mass is 32.1. The molecule has 0 heterocycles. The largest absolute Gasteiger partial charge is 0.466 e. The van der Waals surface area contributed by atoms with E-state index in [1.807, 2.05) is 43.3 Å². The molecular formula is C24H29N3O4S. The third kappa shape index (κ3) is 9.26. The van der Waals surface area contributed by atoms with Crippen LogP contribution in [-0.4, -0.2) is 29.5 Å². The van der Waals surface area contributed by atoms with Crippen LogP contribution in [-0.2, 0) is 25.5 Å². The van der Waals surface area contributed by atoms with Gasteiger partial charge in [-0.2, -0.15) is 0 Å². The lowest BCUT2D eigenvalue weighted by atomic mass is 10.1. The van der Waals surface area contributed by atoms with Crippen LogP contribution in [0.15, 0.2) is 48.5 Å². The summed E-state index contributed by atoms with van der Waals surface area (Å²) in [5, 5.41) is 8.38. The molecule has 3 N–H and O–H groups in total. The highest BCUT2D eigenvalue weighted by Crippen LogP contribution is 2.20. The summed E-state index contributed by atoms with van der Waals surface area (Å²) in [6.45, 7) is 3.98. The van der Waals surface area contributed by atoms with Gasteiger partial charge in [-0.1, -0.05) is 43.3 Å². The van der Waals surface area contributed by atoms with Gasteiger partial charge < -0.3 is 20.7 Å². The molecule has 0 aromatic heterocycles. The average molecular weight is 456 g/mol. The number of ether oxygens (including phenoxy) is 1. The van der Waals surface area contributed by atoms with Crippen LogP contribution in [0.2, 0.25) is 0 Å². The monoisotopic (exact) mass is 455 g/mol. The lowest BCUT2D eigenvalue weighted by Crippen LogP contribution is -2.34. The molecule has 0 unspecified atom stereocenters. The molecule has 2 aromatic carbocycles. The van der Waals surface area contributed by atoms with Gasteiger partial charge in [0, 0.05) is 24.2 Å². The number of thiocarbonyl (C=S) groups is 1. The molecule has 0 bridgehead atoms. The molecule has 0 saturated heterocycles. The maximum Gasteiger partial charge on any atom is 0.306 e. The predicted molar refractivity (Wildman–Crippen MR) is 129 cm³/mol. The van der Waals surface area contributed by atoms with Gasteiger partial charge in [-0.15, -0.1) is 0 Å². The fraction of sp³-hybridized carbons (Fsp3) is 0.333. The van der Waals surface area contributed by atoms with Gasteiger partial charge >= 0.3 is 5.97 Å². The van der Waals surface area contributed by atoms with E-state index in [9.17, 15) is 14.4 Å². The fourth-order valence-corrected chi connectivity index (χ4v) is 3.05. The van der Waals surface area contributed by atoms with Crippen LogP contribution in [0.1, 0.15) is 43.7 Å². The lowest BCUT2D eigenvalue weighted by molar-refractivity contribution is -0.145. The van der Waals surface area contributed by atoms with Crippen molar-refractivity contribution in [3.05, 3.63) is 59.7 Å². The van der Waals surface area contributed by atoms with Crippen LogP contribution >= 0.6 is 12.2 Å². The Labute approximate surface area is 193 Å². The van der Waals surface area contributed by atoms with E-state index in [2.05, 4.69) is 16.0 Å². The van der Waals surface area contributed by atoms with Crippen molar-refractivity contribution < 1.29 is 19.1 Å². The van der Waals surface area contributed by atoms with E-state index >= 15 is 0 Å². The highest BCUT2D eigenvalue weighted by molar-refractivity contribution is 7.80. The Balaban J connectivity index is 1.68. The molecule has 7 nitrogen and oxygen atoms in total. The quantitative estimate of drug-likeness (QED) is 0.283. The molecule has 32 heavy (non-hydrogen) atoms. The minimum Gasteiger partial charge on any atom is -0.466 e. The molecule has 0 aliphatic carbocycles. The Kier molecular flexibility index (Phi) is 10.3. The zero-order chi connectivity index (χ0) is 23.3. The number of carbonyl (C=O) groups excluding carboxylic acids is 3. The van der Waals surface area contributed by atoms with Crippen LogP contribution in [0.5, 0.6) is 0 Å². The second kappa shape index (κ2) is 13.2. The first-order valence-corrected chi connectivity index (χ1v) is 11.0. The van der Waals surface area contributed by atoms with E-state index in [1.165, 1.54) is 5.56 Å². The predicted octanol–water partition coefficient (Wildman–Crippen LogP) is 4.11. The smallest absolute Gasteiger partial charge is 0.306 e. The van der Waals surface area contributed by atoms with Crippen molar-refractivity contribution in [2.24, 2.45) is 0 Å². The molecule has 2 aromatic rings. The third-order valence-corrected chi connectivity index (χ3v) is 4.82. The minimum atomic E-state index is -0.415. The number of benzene rings is 2. The van der Waals surface area contributed by atoms with Crippen molar-refractivity contribution in [1.29, 1.82) is 0 Å². The number of amides is 2. The van der Waals surface area contributed by atoms with E-state index in [4.69, 9.17) is 17.0 Å². The molecule has 0 saturated carbocycles. The lowest BCUT2D eigenvalue weighted by Gasteiger charge is -2.13. The maximum atomic E-state index is 12.1. The first kappa shape index (κ1) is 25.0. The molecule has 2 amide bonds. The fourth-order valence-electron chi connectivity index (χ4n) is 2.82. The van der Waals surface area contributed by atoms with Crippen molar-refractivity contribution >= 4 is 46.5 Å². The number of hydrogen-bond donors (Lipinski definition) is 3. The maximum absolute atomic E-state index is 12.1. The van der Waals surface area contributed by atoms with E-state index in [0.29, 0.717) is 24.4 Å². The first-order valence-electron chi connectivity index (χ1n) is 10.6. The number of nitrogens with one attached hydrogen (secondary N) is 3. The summed E-state index contributed by atoms with van der Waals surface area (Å²) in [7, 11) is 0. The van der Waals surface area contributed by atoms with Crippen molar-refractivity contribution in [1.82, 2.24) is 5.32 Å². The molecule has 0 spiro atoms. The summed E-state index contributed by atoms with van der Waals surface area (Å²) in [6, 6.07) is 15.3. The standard InChI is InChI=1S/C24H29N3O4S/c1-3-21(28)26-20-16-19(12-11-17(20)2)25-24(32)27-22(29)13-14-23(30)31-15-7-10-18-8-5-4-6-9-18/h4-6,8-9,11-12,16H,3,7,10,13-15H2,1-2H3,(H,26,28)(H2,25,27,29,32). The Bertz CT molecular complexity index is 948. The van der Waals surface area contributed by atoms with Gasteiger partial charge in [-0.3, -0.25) is 14.4 Å². The molecule has 0 atom stereocenters. The number of carbonyl (C=O) groups is 3. The Morgan fingerprint density at radius 2 is 1.72 bits per heavy atom. The summed E-state index contributed by atoms with van der Waals surface area (Å²) in [5.41, 5.74) is 3.41. The van der Waals surface area contributed by atoms with Gasteiger partial charge in [0.25, 0.3) is 0 Å². The van der Waals surface area contributed by atoms with Crippen LogP contribution in [0.3, 0.4) is 0 Å². The zero-order valence-electron chi connectivity index (χ0n) is 18.4. The van der Waals surface area contributed by atoms with E-state index < -0.39 is 5.97 Å². The van der Waals surface area contributed by atoms with Gasteiger partial charge in [-0.05, 0) is 55.2 Å². The molecule has 2 rings (SSSR count). The molecule has 0 aliphatic heterocycles. The van der Waals surface area contributed by atoms with Gasteiger partial charge in [-0.25, -0.2) is 0 Å². The van der Waals surface area contributed by atoms with E-state index in [-0.39, 0.29) is 29.8 Å². The van der Waals surface area contributed by atoms with Crippen LogP contribution in [0.4, 0.5) is 11.4 Å². The summed E-state index contributed by atoms with van der Waals surface area (Å²) in [5.74, 6) is -0.884. The third-order valence-electron chi connectivity index (χ3n) is 4.62. The summed E-state index contributed by atoms with van der Waals surface area (Å²) < 4.78 is 5.18. The van der Waals surface area contributed by atoms with Crippen molar-refractivity contribution in [3.63, 3.8) is 0 Å². The Morgan fingerprint density at radius 3 is 2.44 bits per heavy atom. The number of esters is 1. The van der Waals surface area contributed by atoms with Gasteiger partial charge in [0.15, 0.2) is 5.11 Å². The van der Waals surface area contributed by atoms with Gasteiger partial charge in [0.2, 0.25) is 11.8 Å². The summed E-state index contributed by atoms with van der Waals surface area (Å²) in [4.78, 5) is 35.5. The summed E-state index contributed by atoms with van der Waals surface area (Å²) in [6.07, 6.45) is 1.90. The van der Waals surface area contributed by atoms with Crippen LogP contribution in [0.25, 0.3) is 0 Å². The van der Waals surface area contributed by atoms with Crippen LogP contribution in [0, 0.1) is 6.92 Å².